The first-order valence-electron chi connectivity index (χ1n) is 7.38. The zero-order valence-electron chi connectivity index (χ0n) is 11.7. The number of carbonyl (C=O) groups is 2. The SMILES string of the molecule is COCCN(CC(=O)O)C(=O)NC1C2C3CCC(C3)C12. The predicted molar refractivity (Wildman–Crippen MR) is 71.2 cm³/mol. The average molecular weight is 282 g/mol. The maximum absolute atomic E-state index is 12.2. The molecule has 0 aromatic rings. The summed E-state index contributed by atoms with van der Waals surface area (Å²) in [5.41, 5.74) is 0. The molecule has 0 radical (unpaired) electrons. The summed E-state index contributed by atoms with van der Waals surface area (Å²) >= 11 is 0. The smallest absolute Gasteiger partial charge is 0.323 e. The number of amides is 2. The Labute approximate surface area is 118 Å². The van der Waals surface area contributed by atoms with Gasteiger partial charge < -0.3 is 20.1 Å². The van der Waals surface area contributed by atoms with Crippen LogP contribution >= 0.6 is 0 Å². The van der Waals surface area contributed by atoms with Crippen LogP contribution in [0, 0.1) is 23.7 Å². The Morgan fingerprint density at radius 3 is 2.50 bits per heavy atom. The minimum atomic E-state index is -0.993. The van der Waals surface area contributed by atoms with E-state index in [0.29, 0.717) is 25.0 Å². The highest BCUT2D eigenvalue weighted by Gasteiger charge is 2.65. The molecule has 3 fully saturated rings. The molecule has 3 rings (SSSR count). The topological polar surface area (TPSA) is 78.9 Å². The van der Waals surface area contributed by atoms with Gasteiger partial charge in [0.05, 0.1) is 6.61 Å². The highest BCUT2D eigenvalue weighted by Crippen LogP contribution is 2.65. The van der Waals surface area contributed by atoms with E-state index in [2.05, 4.69) is 5.32 Å². The monoisotopic (exact) mass is 282 g/mol. The van der Waals surface area contributed by atoms with Gasteiger partial charge in [-0.1, -0.05) is 0 Å². The average Bonchev–Trinajstić information content (AvgIpc) is 2.82. The van der Waals surface area contributed by atoms with Crippen LogP contribution in [-0.4, -0.2) is 54.9 Å². The number of urea groups is 1. The third kappa shape index (κ3) is 2.37. The zero-order chi connectivity index (χ0) is 14.3. The molecule has 3 saturated carbocycles. The van der Waals surface area contributed by atoms with Crippen LogP contribution in [0.25, 0.3) is 0 Å². The number of nitrogens with zero attached hydrogens (tertiary/aromatic N) is 1. The highest BCUT2D eigenvalue weighted by atomic mass is 16.5. The fourth-order valence-corrected chi connectivity index (χ4v) is 4.37. The molecular weight excluding hydrogens is 260 g/mol. The van der Waals surface area contributed by atoms with E-state index in [-0.39, 0.29) is 18.6 Å². The van der Waals surface area contributed by atoms with Crippen molar-refractivity contribution < 1.29 is 19.4 Å². The summed E-state index contributed by atoms with van der Waals surface area (Å²) in [5, 5.41) is 11.9. The van der Waals surface area contributed by atoms with Crippen LogP contribution in [0.15, 0.2) is 0 Å². The number of carboxylic acids is 1. The standard InChI is InChI=1S/C14H22N2O4/c1-20-5-4-16(7-10(17)18)14(19)15-13-11-8-2-3-9(6-8)12(11)13/h8-9,11-13H,2-7H2,1H3,(H,15,19)(H,17,18). The van der Waals surface area contributed by atoms with E-state index in [1.807, 2.05) is 0 Å². The van der Waals surface area contributed by atoms with E-state index in [1.165, 1.54) is 24.2 Å². The van der Waals surface area contributed by atoms with Gasteiger partial charge in [-0.3, -0.25) is 4.79 Å². The molecular formula is C14H22N2O4. The summed E-state index contributed by atoms with van der Waals surface area (Å²) in [6, 6.07) is 0.0239. The highest BCUT2D eigenvalue weighted by molar-refractivity contribution is 5.80. The molecule has 20 heavy (non-hydrogen) atoms. The number of rotatable bonds is 6. The van der Waals surface area contributed by atoms with Crippen LogP contribution in [0.5, 0.6) is 0 Å². The van der Waals surface area contributed by atoms with Crippen molar-refractivity contribution in [3.05, 3.63) is 0 Å². The maximum Gasteiger partial charge on any atom is 0.323 e. The first-order valence-corrected chi connectivity index (χ1v) is 7.38. The Balaban J connectivity index is 1.53. The molecule has 3 aliphatic carbocycles. The summed E-state index contributed by atoms with van der Waals surface area (Å²) in [5.74, 6) is 1.91. The van der Waals surface area contributed by atoms with E-state index >= 15 is 0 Å². The first kappa shape index (κ1) is 13.7. The lowest BCUT2D eigenvalue weighted by atomic mass is 10.0. The summed E-state index contributed by atoms with van der Waals surface area (Å²) < 4.78 is 4.93. The Hall–Kier alpha value is -1.30. The predicted octanol–water partition coefficient (Wildman–Crippen LogP) is 0.773. The van der Waals surface area contributed by atoms with Crippen LogP contribution in [0.3, 0.4) is 0 Å². The Morgan fingerprint density at radius 2 is 1.95 bits per heavy atom. The van der Waals surface area contributed by atoms with Crippen LogP contribution in [0.2, 0.25) is 0 Å². The molecule has 112 valence electrons. The molecule has 6 nitrogen and oxygen atoms in total. The summed E-state index contributed by atoms with van der Waals surface area (Å²) in [4.78, 5) is 24.3. The normalized spacial score (nSPS) is 36.5. The fourth-order valence-electron chi connectivity index (χ4n) is 4.37. The van der Waals surface area contributed by atoms with Gasteiger partial charge >= 0.3 is 12.0 Å². The number of hydrogen-bond donors (Lipinski definition) is 2. The summed E-state index contributed by atoms with van der Waals surface area (Å²) in [7, 11) is 1.54. The van der Waals surface area contributed by atoms with E-state index in [1.54, 1.807) is 7.11 Å². The largest absolute Gasteiger partial charge is 0.480 e. The van der Waals surface area contributed by atoms with E-state index < -0.39 is 5.97 Å². The fraction of sp³-hybridized carbons (Fsp3) is 0.857. The molecule has 3 aliphatic rings. The van der Waals surface area contributed by atoms with Gasteiger partial charge in [0, 0.05) is 19.7 Å². The number of hydrogen-bond acceptors (Lipinski definition) is 3. The van der Waals surface area contributed by atoms with E-state index in [9.17, 15) is 9.59 Å². The summed E-state index contributed by atoms with van der Waals surface area (Å²) in [6.45, 7) is 0.386. The Morgan fingerprint density at radius 1 is 1.30 bits per heavy atom. The number of aliphatic carboxylic acids is 1. The Kier molecular flexibility index (Phi) is 3.58. The molecule has 0 saturated heterocycles. The van der Waals surface area contributed by atoms with Crippen LogP contribution < -0.4 is 5.32 Å². The van der Waals surface area contributed by atoms with Gasteiger partial charge in [-0.25, -0.2) is 4.79 Å². The van der Waals surface area contributed by atoms with Crippen LogP contribution in [0.1, 0.15) is 19.3 Å². The van der Waals surface area contributed by atoms with Gasteiger partial charge in [0.25, 0.3) is 0 Å². The number of carbonyl (C=O) groups excluding carboxylic acids is 1. The molecule has 2 N–H and O–H groups in total. The number of fused-ring (bicyclic) bond motifs is 5. The van der Waals surface area contributed by atoms with Crippen molar-refractivity contribution in [3.63, 3.8) is 0 Å². The van der Waals surface area contributed by atoms with Crippen molar-refractivity contribution in [2.75, 3.05) is 26.8 Å². The minimum Gasteiger partial charge on any atom is -0.480 e. The van der Waals surface area contributed by atoms with Gasteiger partial charge in [0.2, 0.25) is 0 Å². The van der Waals surface area contributed by atoms with Crippen molar-refractivity contribution >= 4 is 12.0 Å². The lowest BCUT2D eigenvalue weighted by Crippen LogP contribution is -2.46. The van der Waals surface area contributed by atoms with Crippen molar-refractivity contribution in [3.8, 4) is 0 Å². The van der Waals surface area contributed by atoms with Crippen LogP contribution in [0.4, 0.5) is 4.79 Å². The molecule has 0 aromatic heterocycles. The molecule has 4 atom stereocenters. The van der Waals surface area contributed by atoms with Gasteiger partial charge in [-0.05, 0) is 42.9 Å². The molecule has 2 amide bonds. The van der Waals surface area contributed by atoms with Gasteiger partial charge in [0.15, 0.2) is 0 Å². The quantitative estimate of drug-likeness (QED) is 0.754. The lowest BCUT2D eigenvalue weighted by molar-refractivity contribution is -0.137. The van der Waals surface area contributed by atoms with E-state index in [4.69, 9.17) is 9.84 Å². The first-order chi connectivity index (χ1) is 9.61. The molecule has 0 spiro atoms. The van der Waals surface area contributed by atoms with Gasteiger partial charge in [-0.2, -0.15) is 0 Å². The second-order valence-corrected chi connectivity index (χ2v) is 6.27. The second kappa shape index (κ2) is 5.24. The van der Waals surface area contributed by atoms with E-state index in [0.717, 1.165) is 11.8 Å². The molecule has 0 heterocycles. The number of methoxy groups -OCH3 is 1. The molecule has 2 bridgehead atoms. The lowest BCUT2D eigenvalue weighted by Gasteiger charge is -2.22. The Bertz CT molecular complexity index is 398. The number of nitrogens with one attached hydrogen (secondary N) is 1. The zero-order valence-corrected chi connectivity index (χ0v) is 11.7. The number of ether oxygens (including phenoxy) is 1. The minimum absolute atomic E-state index is 0.261. The second-order valence-electron chi connectivity index (χ2n) is 6.27. The van der Waals surface area contributed by atoms with Crippen molar-refractivity contribution in [1.82, 2.24) is 10.2 Å². The van der Waals surface area contributed by atoms with Crippen molar-refractivity contribution in [2.45, 2.75) is 25.3 Å². The van der Waals surface area contributed by atoms with Crippen molar-refractivity contribution in [1.29, 1.82) is 0 Å². The van der Waals surface area contributed by atoms with Crippen molar-refractivity contribution in [2.24, 2.45) is 23.7 Å². The molecule has 0 aliphatic heterocycles. The molecule has 0 aromatic carbocycles. The summed E-state index contributed by atoms with van der Waals surface area (Å²) in [6.07, 6.45) is 3.95. The molecule has 6 heteroatoms. The molecule has 4 unspecified atom stereocenters. The maximum atomic E-state index is 12.2. The van der Waals surface area contributed by atoms with Gasteiger partial charge in [0.1, 0.15) is 6.54 Å². The third-order valence-corrected chi connectivity index (χ3v) is 5.20. The third-order valence-electron chi connectivity index (χ3n) is 5.20. The number of carboxylic acid groups (broad SMARTS) is 1. The van der Waals surface area contributed by atoms with Gasteiger partial charge in [-0.15, -0.1) is 0 Å². The van der Waals surface area contributed by atoms with Crippen LogP contribution in [-0.2, 0) is 9.53 Å².